The highest BCUT2D eigenvalue weighted by atomic mass is 32.1. The predicted octanol–water partition coefficient (Wildman–Crippen LogP) is 3.42. The van der Waals surface area contributed by atoms with Crippen LogP contribution in [0.25, 0.3) is 0 Å². The average Bonchev–Trinajstić information content (AvgIpc) is 3.22. The molecule has 2 amide bonds. The molecule has 0 unspecified atom stereocenters. The fourth-order valence-corrected chi connectivity index (χ4v) is 3.04. The van der Waals surface area contributed by atoms with Crippen LogP contribution < -0.4 is 5.32 Å². The summed E-state index contributed by atoms with van der Waals surface area (Å²) in [5, 5.41) is 5.32. The molecule has 6 nitrogen and oxygen atoms in total. The van der Waals surface area contributed by atoms with Crippen LogP contribution in [0, 0.1) is 11.8 Å². The lowest BCUT2D eigenvalue weighted by Crippen LogP contribution is -2.33. The minimum atomic E-state index is -0.177. The number of carbonyl (C=O) groups excluding carboxylic acids is 2. The van der Waals surface area contributed by atoms with E-state index in [0.717, 1.165) is 5.01 Å². The Morgan fingerprint density at radius 1 is 1.28 bits per heavy atom. The number of rotatable bonds is 8. The van der Waals surface area contributed by atoms with Crippen molar-refractivity contribution in [1.82, 2.24) is 15.2 Å². The molecule has 0 spiro atoms. The lowest BCUT2D eigenvalue weighted by Gasteiger charge is -2.22. The normalized spacial score (nSPS) is 11.1. The number of furan rings is 1. The fraction of sp³-hybridized carbons (Fsp3) is 0.500. The van der Waals surface area contributed by atoms with Crippen molar-refractivity contribution in [3.63, 3.8) is 0 Å². The smallest absolute Gasteiger partial charge is 0.289 e. The lowest BCUT2D eigenvalue weighted by molar-refractivity contribution is 0.0690. The van der Waals surface area contributed by atoms with Gasteiger partial charge in [-0.05, 0) is 24.0 Å². The van der Waals surface area contributed by atoms with E-state index in [1.54, 1.807) is 22.4 Å². The maximum Gasteiger partial charge on any atom is 0.289 e. The van der Waals surface area contributed by atoms with Crippen LogP contribution in [-0.4, -0.2) is 34.8 Å². The second-order valence-corrected chi connectivity index (χ2v) is 7.73. The van der Waals surface area contributed by atoms with Gasteiger partial charge in [-0.15, -0.1) is 11.3 Å². The van der Waals surface area contributed by atoms with Gasteiger partial charge in [0.2, 0.25) is 0 Å². The summed E-state index contributed by atoms with van der Waals surface area (Å²) in [6.45, 7) is 9.74. The molecule has 0 aliphatic heterocycles. The van der Waals surface area contributed by atoms with E-state index >= 15 is 0 Å². The van der Waals surface area contributed by atoms with Crippen molar-refractivity contribution in [2.24, 2.45) is 11.8 Å². The van der Waals surface area contributed by atoms with Crippen molar-refractivity contribution in [1.29, 1.82) is 0 Å². The van der Waals surface area contributed by atoms with E-state index in [2.05, 4.69) is 24.1 Å². The number of amides is 2. The molecule has 1 N–H and O–H groups in total. The number of hydrogen-bond acceptors (Lipinski definition) is 5. The number of nitrogens with one attached hydrogen (secondary N) is 1. The predicted molar refractivity (Wildman–Crippen MR) is 97.6 cm³/mol. The maximum absolute atomic E-state index is 12.6. The molecule has 0 aromatic carbocycles. The van der Waals surface area contributed by atoms with E-state index in [-0.39, 0.29) is 11.8 Å². The molecule has 2 heterocycles. The van der Waals surface area contributed by atoms with E-state index in [9.17, 15) is 9.59 Å². The number of hydrogen-bond donors (Lipinski definition) is 1. The first-order chi connectivity index (χ1) is 11.9. The van der Waals surface area contributed by atoms with Gasteiger partial charge in [-0.2, -0.15) is 0 Å². The molecule has 0 atom stereocenters. The molecule has 2 rings (SSSR count). The highest BCUT2D eigenvalue weighted by Crippen LogP contribution is 2.16. The first-order valence-corrected chi connectivity index (χ1v) is 9.30. The van der Waals surface area contributed by atoms with Gasteiger partial charge in [0.05, 0.1) is 12.8 Å². The molecule has 0 saturated carbocycles. The average molecular weight is 363 g/mol. The zero-order valence-electron chi connectivity index (χ0n) is 15.1. The lowest BCUT2D eigenvalue weighted by atomic mass is 10.2. The zero-order chi connectivity index (χ0) is 18.4. The molecular formula is C18H25N3O3S. The minimum Gasteiger partial charge on any atom is -0.459 e. The largest absolute Gasteiger partial charge is 0.459 e. The Hall–Kier alpha value is -2.15. The molecule has 2 aromatic heterocycles. The molecular weight excluding hydrogens is 338 g/mol. The van der Waals surface area contributed by atoms with Crippen LogP contribution in [0.3, 0.4) is 0 Å². The highest BCUT2D eigenvalue weighted by Gasteiger charge is 2.21. The van der Waals surface area contributed by atoms with Crippen molar-refractivity contribution in [3.8, 4) is 0 Å². The Bertz CT molecular complexity index is 692. The molecule has 0 aliphatic rings. The van der Waals surface area contributed by atoms with E-state index in [1.165, 1.54) is 17.6 Å². The summed E-state index contributed by atoms with van der Waals surface area (Å²) >= 11 is 1.39. The summed E-state index contributed by atoms with van der Waals surface area (Å²) in [6.07, 6.45) is 1.49. The Kier molecular flexibility index (Phi) is 6.75. The summed E-state index contributed by atoms with van der Waals surface area (Å²) in [5.74, 6) is 0.665. The fourth-order valence-electron chi connectivity index (χ4n) is 2.25. The summed E-state index contributed by atoms with van der Waals surface area (Å²) in [6, 6.07) is 3.35. The Morgan fingerprint density at radius 3 is 2.64 bits per heavy atom. The third-order valence-electron chi connectivity index (χ3n) is 3.39. The molecule has 0 bridgehead atoms. The van der Waals surface area contributed by atoms with Crippen LogP contribution in [0.15, 0.2) is 28.2 Å². The first kappa shape index (κ1) is 19.2. The third kappa shape index (κ3) is 5.70. The molecule has 0 aliphatic carbocycles. The summed E-state index contributed by atoms with van der Waals surface area (Å²) in [7, 11) is 0. The maximum atomic E-state index is 12.6. The van der Waals surface area contributed by atoms with E-state index in [0.29, 0.717) is 42.9 Å². The van der Waals surface area contributed by atoms with Crippen molar-refractivity contribution in [2.45, 2.75) is 34.2 Å². The second kappa shape index (κ2) is 8.80. The first-order valence-electron chi connectivity index (χ1n) is 8.42. The number of thiazole rings is 1. The van der Waals surface area contributed by atoms with Crippen LogP contribution in [-0.2, 0) is 6.54 Å². The summed E-state index contributed by atoms with van der Waals surface area (Å²) < 4.78 is 5.22. The summed E-state index contributed by atoms with van der Waals surface area (Å²) in [5.41, 5.74) is 0.399. The van der Waals surface area contributed by atoms with E-state index in [1.807, 2.05) is 13.8 Å². The Balaban J connectivity index is 2.06. The van der Waals surface area contributed by atoms with Crippen LogP contribution in [0.1, 0.15) is 53.7 Å². The van der Waals surface area contributed by atoms with Gasteiger partial charge in [0.15, 0.2) is 5.76 Å². The van der Waals surface area contributed by atoms with Crippen LogP contribution >= 0.6 is 11.3 Å². The molecule has 2 aromatic rings. The van der Waals surface area contributed by atoms with Crippen molar-refractivity contribution < 1.29 is 14.0 Å². The number of aromatic nitrogens is 1. The van der Waals surface area contributed by atoms with Gasteiger partial charge >= 0.3 is 0 Å². The number of nitrogens with zero attached hydrogens (tertiary/aromatic N) is 2. The molecule has 7 heteroatoms. The molecule has 136 valence electrons. The standard InChI is InChI=1S/C18H25N3O3S/c1-12(2)8-19-17(22)14-11-25-16(20-14)10-21(9-13(3)4)18(23)15-6-5-7-24-15/h5-7,11-13H,8-10H2,1-4H3,(H,19,22). The van der Waals surface area contributed by atoms with Gasteiger partial charge in [0.1, 0.15) is 10.7 Å². The quantitative estimate of drug-likeness (QED) is 0.780. The molecule has 25 heavy (non-hydrogen) atoms. The third-order valence-corrected chi connectivity index (χ3v) is 4.22. The topological polar surface area (TPSA) is 75.4 Å². The van der Waals surface area contributed by atoms with Gasteiger partial charge < -0.3 is 14.6 Å². The SMILES string of the molecule is CC(C)CNC(=O)c1csc(CN(CC(C)C)C(=O)c2ccco2)n1. The Morgan fingerprint density at radius 2 is 2.04 bits per heavy atom. The van der Waals surface area contributed by atoms with Crippen molar-refractivity contribution in [3.05, 3.63) is 40.2 Å². The van der Waals surface area contributed by atoms with Gasteiger partial charge in [0, 0.05) is 18.5 Å². The van der Waals surface area contributed by atoms with Gasteiger partial charge in [0.25, 0.3) is 11.8 Å². The summed E-state index contributed by atoms with van der Waals surface area (Å²) in [4.78, 5) is 30.8. The Labute approximate surface area is 152 Å². The molecule has 0 saturated heterocycles. The number of carbonyl (C=O) groups is 2. The van der Waals surface area contributed by atoms with Crippen LogP contribution in [0.4, 0.5) is 0 Å². The van der Waals surface area contributed by atoms with Gasteiger partial charge in [-0.3, -0.25) is 9.59 Å². The van der Waals surface area contributed by atoms with Gasteiger partial charge in [-0.25, -0.2) is 4.98 Å². The van der Waals surface area contributed by atoms with Crippen LogP contribution in [0.2, 0.25) is 0 Å². The monoisotopic (exact) mass is 363 g/mol. The molecule has 0 radical (unpaired) electrons. The highest BCUT2D eigenvalue weighted by molar-refractivity contribution is 7.09. The second-order valence-electron chi connectivity index (χ2n) is 6.79. The molecule has 0 fully saturated rings. The van der Waals surface area contributed by atoms with Crippen molar-refractivity contribution >= 4 is 23.2 Å². The van der Waals surface area contributed by atoms with Gasteiger partial charge in [-0.1, -0.05) is 27.7 Å². The van der Waals surface area contributed by atoms with E-state index < -0.39 is 0 Å². The van der Waals surface area contributed by atoms with Crippen molar-refractivity contribution in [2.75, 3.05) is 13.1 Å². The zero-order valence-corrected chi connectivity index (χ0v) is 15.9. The van der Waals surface area contributed by atoms with E-state index in [4.69, 9.17) is 4.42 Å². The van der Waals surface area contributed by atoms with Crippen LogP contribution in [0.5, 0.6) is 0 Å². The minimum absolute atomic E-state index is 0.167.